The second-order valence-corrected chi connectivity index (χ2v) is 7.49. The Balaban J connectivity index is 1.64. The summed E-state index contributed by atoms with van der Waals surface area (Å²) < 4.78 is 1.11. The molecule has 1 heterocycles. The number of fused-ring (bicyclic) bond motifs is 1. The van der Waals surface area contributed by atoms with Crippen LogP contribution in [0.15, 0.2) is 24.3 Å². The predicted octanol–water partition coefficient (Wildman–Crippen LogP) is 3.75. The van der Waals surface area contributed by atoms with Gasteiger partial charge in [0, 0.05) is 23.2 Å². The van der Waals surface area contributed by atoms with Gasteiger partial charge in [0.1, 0.15) is 4.88 Å². The lowest BCUT2D eigenvalue weighted by atomic mass is 10.2. The minimum Gasteiger partial charge on any atom is -0.397 e. The molecule has 2 aromatic rings. The number of nitrogens with zero attached hydrogens (tertiary/aromatic N) is 1. The van der Waals surface area contributed by atoms with Crippen molar-refractivity contribution in [3.05, 3.63) is 29.1 Å². The van der Waals surface area contributed by atoms with E-state index < -0.39 is 0 Å². The Morgan fingerprint density at radius 3 is 2.33 bits per heavy atom. The van der Waals surface area contributed by atoms with Crippen molar-refractivity contribution in [1.82, 2.24) is 4.90 Å². The van der Waals surface area contributed by atoms with E-state index in [9.17, 15) is 4.79 Å². The summed E-state index contributed by atoms with van der Waals surface area (Å²) >= 11 is 1.54. The summed E-state index contributed by atoms with van der Waals surface area (Å²) in [5.41, 5.74) is 6.90. The molecule has 1 aromatic heterocycles. The van der Waals surface area contributed by atoms with Crippen LogP contribution in [0.3, 0.4) is 0 Å². The maximum atomic E-state index is 12.9. The van der Waals surface area contributed by atoms with Gasteiger partial charge in [0.05, 0.1) is 5.69 Å². The molecule has 0 aliphatic heterocycles. The highest BCUT2D eigenvalue weighted by atomic mass is 32.1. The first kappa shape index (κ1) is 13.1. The molecule has 2 saturated carbocycles. The van der Waals surface area contributed by atoms with E-state index in [1.807, 2.05) is 24.3 Å². The fourth-order valence-electron chi connectivity index (χ4n) is 2.83. The molecule has 2 aliphatic rings. The number of hydrogen-bond donors (Lipinski definition) is 1. The zero-order valence-electron chi connectivity index (χ0n) is 12.0. The van der Waals surface area contributed by atoms with Crippen molar-refractivity contribution in [2.24, 2.45) is 11.8 Å². The number of rotatable bonds is 5. The van der Waals surface area contributed by atoms with Crippen LogP contribution in [0, 0.1) is 11.8 Å². The molecule has 1 aromatic carbocycles. The minimum absolute atomic E-state index is 0.146. The van der Waals surface area contributed by atoms with Gasteiger partial charge in [0.2, 0.25) is 0 Å². The molecule has 0 radical (unpaired) electrons. The predicted molar refractivity (Wildman–Crippen MR) is 87.6 cm³/mol. The number of carbonyl (C=O) groups is 1. The normalized spacial score (nSPS) is 18.1. The molecule has 4 heteroatoms. The Bertz CT molecular complexity index is 671. The molecule has 3 nitrogen and oxygen atoms in total. The first-order valence-corrected chi connectivity index (χ1v) is 8.60. The van der Waals surface area contributed by atoms with Gasteiger partial charge < -0.3 is 10.6 Å². The van der Waals surface area contributed by atoms with Crippen LogP contribution >= 0.6 is 11.3 Å². The molecule has 0 atom stereocenters. The van der Waals surface area contributed by atoms with Gasteiger partial charge in [-0.2, -0.15) is 0 Å². The van der Waals surface area contributed by atoms with Crippen LogP contribution < -0.4 is 5.73 Å². The second-order valence-electron chi connectivity index (χ2n) is 6.44. The average Bonchev–Trinajstić information content (AvgIpc) is 3.40. The van der Waals surface area contributed by atoms with E-state index >= 15 is 0 Å². The number of nitrogen functional groups attached to an aromatic ring is 1. The van der Waals surface area contributed by atoms with Gasteiger partial charge in [0.25, 0.3) is 5.91 Å². The Hall–Kier alpha value is -1.55. The fraction of sp³-hybridized carbons (Fsp3) is 0.471. The molecule has 1 amide bonds. The van der Waals surface area contributed by atoms with Gasteiger partial charge >= 0.3 is 0 Å². The van der Waals surface area contributed by atoms with Gasteiger partial charge in [0.15, 0.2) is 0 Å². The van der Waals surface area contributed by atoms with E-state index in [1.165, 1.54) is 37.0 Å². The molecular weight excluding hydrogens is 280 g/mol. The molecule has 0 bridgehead atoms. The van der Waals surface area contributed by atoms with Crippen molar-refractivity contribution in [3.8, 4) is 0 Å². The Morgan fingerprint density at radius 1 is 1.14 bits per heavy atom. The molecule has 4 rings (SSSR count). The SMILES string of the molecule is Nc1c(C(=O)N(CC2CC2)CC2CC2)sc2ccccc12. The van der Waals surface area contributed by atoms with Crippen molar-refractivity contribution < 1.29 is 4.79 Å². The Kier molecular flexibility index (Phi) is 3.14. The number of amides is 1. The van der Waals surface area contributed by atoms with Crippen molar-refractivity contribution >= 4 is 33.0 Å². The average molecular weight is 300 g/mol. The van der Waals surface area contributed by atoms with Crippen LogP contribution in [0.1, 0.15) is 35.4 Å². The third-order valence-electron chi connectivity index (χ3n) is 4.47. The zero-order chi connectivity index (χ0) is 14.4. The van der Waals surface area contributed by atoms with Crippen LogP contribution in [0.25, 0.3) is 10.1 Å². The lowest BCUT2D eigenvalue weighted by Crippen LogP contribution is -2.34. The number of carbonyl (C=O) groups excluding carboxylic acids is 1. The summed E-state index contributed by atoms with van der Waals surface area (Å²) in [5, 5.41) is 1.02. The lowest BCUT2D eigenvalue weighted by molar-refractivity contribution is 0.0745. The molecule has 2 N–H and O–H groups in total. The van der Waals surface area contributed by atoms with E-state index in [0.29, 0.717) is 5.69 Å². The minimum atomic E-state index is 0.146. The van der Waals surface area contributed by atoms with Crippen LogP contribution in [0.5, 0.6) is 0 Å². The quantitative estimate of drug-likeness (QED) is 0.914. The van der Waals surface area contributed by atoms with Gasteiger partial charge in [-0.1, -0.05) is 18.2 Å². The number of anilines is 1. The van der Waals surface area contributed by atoms with E-state index in [4.69, 9.17) is 5.73 Å². The maximum absolute atomic E-state index is 12.9. The second kappa shape index (κ2) is 5.02. The molecule has 110 valence electrons. The van der Waals surface area contributed by atoms with E-state index in [1.54, 1.807) is 0 Å². The van der Waals surface area contributed by atoms with E-state index in [0.717, 1.165) is 39.9 Å². The standard InChI is InChI=1S/C17H20N2OS/c18-15-13-3-1-2-4-14(13)21-16(15)17(20)19(9-11-5-6-11)10-12-7-8-12/h1-4,11-12H,5-10,18H2. The summed E-state index contributed by atoms with van der Waals surface area (Å²) in [6.07, 6.45) is 5.10. The van der Waals surface area contributed by atoms with E-state index in [-0.39, 0.29) is 5.91 Å². The highest BCUT2D eigenvalue weighted by Gasteiger charge is 2.33. The Labute approximate surface area is 128 Å². The summed E-state index contributed by atoms with van der Waals surface area (Å²) in [5.74, 6) is 1.60. The lowest BCUT2D eigenvalue weighted by Gasteiger charge is -2.22. The molecule has 0 unspecified atom stereocenters. The summed E-state index contributed by atoms with van der Waals surface area (Å²) in [4.78, 5) is 15.7. The van der Waals surface area contributed by atoms with Gasteiger partial charge in [-0.05, 0) is 43.6 Å². The monoisotopic (exact) mass is 300 g/mol. The number of hydrogen-bond acceptors (Lipinski definition) is 3. The Morgan fingerprint density at radius 2 is 1.76 bits per heavy atom. The number of thiophene rings is 1. The summed E-state index contributed by atoms with van der Waals surface area (Å²) in [6.45, 7) is 1.84. The topological polar surface area (TPSA) is 46.3 Å². The van der Waals surface area contributed by atoms with Crippen LogP contribution in [0.2, 0.25) is 0 Å². The van der Waals surface area contributed by atoms with Crippen LogP contribution in [-0.2, 0) is 0 Å². The molecular formula is C17H20N2OS. The molecule has 21 heavy (non-hydrogen) atoms. The highest BCUT2D eigenvalue weighted by Crippen LogP contribution is 2.37. The molecule has 0 spiro atoms. The third kappa shape index (κ3) is 2.64. The van der Waals surface area contributed by atoms with Gasteiger partial charge in [-0.25, -0.2) is 0 Å². The largest absolute Gasteiger partial charge is 0.397 e. The number of benzene rings is 1. The van der Waals surface area contributed by atoms with E-state index in [2.05, 4.69) is 4.90 Å². The van der Waals surface area contributed by atoms with Crippen LogP contribution in [0.4, 0.5) is 5.69 Å². The van der Waals surface area contributed by atoms with Crippen molar-refractivity contribution in [1.29, 1.82) is 0 Å². The molecule has 2 fully saturated rings. The smallest absolute Gasteiger partial charge is 0.266 e. The zero-order valence-corrected chi connectivity index (χ0v) is 12.9. The maximum Gasteiger partial charge on any atom is 0.266 e. The first-order chi connectivity index (χ1) is 10.2. The molecule has 0 saturated heterocycles. The van der Waals surface area contributed by atoms with Crippen molar-refractivity contribution in [3.63, 3.8) is 0 Å². The fourth-order valence-corrected chi connectivity index (χ4v) is 3.92. The van der Waals surface area contributed by atoms with Crippen molar-refractivity contribution in [2.45, 2.75) is 25.7 Å². The summed E-state index contributed by atoms with van der Waals surface area (Å²) in [6, 6.07) is 8.02. The third-order valence-corrected chi connectivity index (χ3v) is 5.64. The first-order valence-electron chi connectivity index (χ1n) is 7.78. The van der Waals surface area contributed by atoms with Crippen LogP contribution in [-0.4, -0.2) is 23.9 Å². The highest BCUT2D eigenvalue weighted by molar-refractivity contribution is 7.21. The number of nitrogens with two attached hydrogens (primary N) is 1. The van der Waals surface area contributed by atoms with Gasteiger partial charge in [-0.15, -0.1) is 11.3 Å². The van der Waals surface area contributed by atoms with Gasteiger partial charge in [-0.3, -0.25) is 4.79 Å². The van der Waals surface area contributed by atoms with Crippen molar-refractivity contribution in [2.75, 3.05) is 18.8 Å². The molecule has 2 aliphatic carbocycles. The summed E-state index contributed by atoms with van der Waals surface area (Å²) in [7, 11) is 0.